The number of rotatable bonds is 4. The Kier molecular flexibility index (Phi) is 5.18. The average molecular weight is 457 g/mol. The van der Waals surface area contributed by atoms with Crippen molar-refractivity contribution in [2.24, 2.45) is 0 Å². The number of carbonyl (C=O) groups excluding carboxylic acids is 2. The van der Waals surface area contributed by atoms with Crippen LogP contribution < -0.4 is 9.64 Å². The van der Waals surface area contributed by atoms with E-state index >= 15 is 0 Å². The summed E-state index contributed by atoms with van der Waals surface area (Å²) in [7, 11) is 1.61. The quantitative estimate of drug-likeness (QED) is 0.258. The highest BCUT2D eigenvalue weighted by Crippen LogP contribution is 2.43. The highest BCUT2D eigenvalue weighted by Gasteiger charge is 2.48. The van der Waals surface area contributed by atoms with Gasteiger partial charge >= 0.3 is 5.91 Å². The zero-order valence-corrected chi connectivity index (χ0v) is 18.8. The molecular formula is C26H20N2O4S. The van der Waals surface area contributed by atoms with Crippen molar-refractivity contribution >= 4 is 44.7 Å². The number of aryl methyl sites for hydroxylation is 1. The predicted molar refractivity (Wildman–Crippen MR) is 129 cm³/mol. The van der Waals surface area contributed by atoms with E-state index in [9.17, 15) is 14.7 Å². The lowest BCUT2D eigenvalue weighted by molar-refractivity contribution is -0.132. The summed E-state index contributed by atoms with van der Waals surface area (Å²) >= 11 is 1.29. The summed E-state index contributed by atoms with van der Waals surface area (Å²) in [5, 5.41) is 15.4. The number of benzene rings is 3. The molecule has 33 heavy (non-hydrogen) atoms. The summed E-state index contributed by atoms with van der Waals surface area (Å²) in [6, 6.07) is 19.4. The van der Waals surface area contributed by atoms with Gasteiger partial charge in [0.2, 0.25) is 0 Å². The van der Waals surface area contributed by atoms with E-state index in [0.717, 1.165) is 27.8 Å². The number of hydrogen-bond acceptors (Lipinski definition) is 6. The zero-order chi connectivity index (χ0) is 23.1. The third-order valence-corrected chi connectivity index (χ3v) is 6.65. The van der Waals surface area contributed by atoms with Crippen LogP contribution in [0.3, 0.4) is 0 Å². The molecule has 1 aliphatic heterocycles. The number of aliphatic hydroxyl groups excluding tert-OH is 1. The number of ketones is 1. The third-order valence-electron chi connectivity index (χ3n) is 5.69. The van der Waals surface area contributed by atoms with Gasteiger partial charge in [0.05, 0.1) is 24.4 Å². The van der Waals surface area contributed by atoms with Gasteiger partial charge in [-0.2, -0.15) is 0 Å². The van der Waals surface area contributed by atoms with Crippen LogP contribution in [0.1, 0.15) is 22.9 Å². The SMILES string of the molecule is COc1ccc2cc(/C(O)=C3\C(=O)C(=O)N(c4nc(C)cs4)C3c3ccccc3)ccc2c1. The molecule has 1 aliphatic rings. The minimum Gasteiger partial charge on any atom is -0.507 e. The first-order valence-electron chi connectivity index (χ1n) is 10.3. The number of Topliss-reactive ketones (excluding diaryl/α,β-unsaturated/α-hetero) is 1. The van der Waals surface area contributed by atoms with Crippen molar-refractivity contribution in [1.82, 2.24) is 4.98 Å². The first-order chi connectivity index (χ1) is 16.0. The maximum atomic E-state index is 13.2. The third kappa shape index (κ3) is 3.56. The number of methoxy groups -OCH3 is 1. The molecule has 1 atom stereocenters. The largest absolute Gasteiger partial charge is 0.507 e. The van der Waals surface area contributed by atoms with E-state index in [4.69, 9.17) is 4.74 Å². The second-order valence-corrected chi connectivity index (χ2v) is 8.62. The Balaban J connectivity index is 1.69. The maximum Gasteiger partial charge on any atom is 0.301 e. The van der Waals surface area contributed by atoms with Crippen LogP contribution in [0.4, 0.5) is 5.13 Å². The summed E-state index contributed by atoms with van der Waals surface area (Å²) in [6.07, 6.45) is 0. The number of hydrogen-bond donors (Lipinski definition) is 1. The lowest BCUT2D eigenvalue weighted by Crippen LogP contribution is -2.29. The Hall–Kier alpha value is -3.97. The van der Waals surface area contributed by atoms with Gasteiger partial charge in [0.25, 0.3) is 5.78 Å². The van der Waals surface area contributed by atoms with Crippen molar-refractivity contribution in [3.8, 4) is 5.75 Å². The van der Waals surface area contributed by atoms with Crippen LogP contribution in [-0.2, 0) is 9.59 Å². The molecule has 4 aromatic rings. The Morgan fingerprint density at radius 3 is 2.45 bits per heavy atom. The molecule has 1 fully saturated rings. The number of nitrogens with zero attached hydrogens (tertiary/aromatic N) is 2. The van der Waals surface area contributed by atoms with Crippen LogP contribution >= 0.6 is 11.3 Å². The van der Waals surface area contributed by atoms with Crippen molar-refractivity contribution in [3.63, 3.8) is 0 Å². The van der Waals surface area contributed by atoms with Crippen LogP contribution in [0.15, 0.2) is 77.7 Å². The minimum atomic E-state index is -0.775. The molecule has 2 heterocycles. The van der Waals surface area contributed by atoms with Crippen LogP contribution in [0.5, 0.6) is 5.75 Å². The van der Waals surface area contributed by atoms with Crippen molar-refractivity contribution < 1.29 is 19.4 Å². The zero-order valence-electron chi connectivity index (χ0n) is 18.0. The average Bonchev–Trinajstić information content (AvgIpc) is 3.38. The standard InChI is InChI=1S/C26H20N2O4S/c1-15-14-33-26(27-15)28-22(16-6-4-3-5-7-16)21(24(30)25(28)31)23(29)19-9-8-18-13-20(32-2)11-10-17(18)12-19/h3-14,22,29H,1-2H3/b23-21+. The summed E-state index contributed by atoms with van der Waals surface area (Å²) in [5.74, 6) is -0.919. The van der Waals surface area contributed by atoms with Crippen molar-refractivity contribution in [1.29, 1.82) is 0 Å². The van der Waals surface area contributed by atoms with Gasteiger partial charge in [-0.1, -0.05) is 48.5 Å². The number of fused-ring (bicyclic) bond motifs is 1. The Bertz CT molecular complexity index is 1420. The summed E-state index contributed by atoms with van der Waals surface area (Å²) in [5.41, 5.74) is 1.99. The molecule has 1 unspecified atom stereocenters. The van der Waals surface area contributed by atoms with Gasteiger partial charge in [-0.3, -0.25) is 14.5 Å². The fourth-order valence-corrected chi connectivity index (χ4v) is 4.91. The van der Waals surface area contributed by atoms with E-state index in [1.807, 2.05) is 66.9 Å². The van der Waals surface area contributed by atoms with Gasteiger partial charge in [-0.15, -0.1) is 11.3 Å². The van der Waals surface area contributed by atoms with Gasteiger partial charge < -0.3 is 9.84 Å². The Morgan fingerprint density at radius 1 is 1.03 bits per heavy atom. The molecule has 3 aromatic carbocycles. The van der Waals surface area contributed by atoms with E-state index < -0.39 is 17.7 Å². The summed E-state index contributed by atoms with van der Waals surface area (Å²) in [6.45, 7) is 1.83. The molecule has 7 heteroatoms. The molecule has 1 saturated heterocycles. The number of amides is 1. The van der Waals surface area contributed by atoms with Crippen molar-refractivity contribution in [2.45, 2.75) is 13.0 Å². The van der Waals surface area contributed by atoms with E-state index in [1.54, 1.807) is 19.2 Å². The number of carbonyl (C=O) groups is 2. The van der Waals surface area contributed by atoms with E-state index in [-0.39, 0.29) is 11.3 Å². The summed E-state index contributed by atoms with van der Waals surface area (Å²) in [4.78, 5) is 32.1. The van der Waals surface area contributed by atoms with E-state index in [0.29, 0.717) is 10.7 Å². The van der Waals surface area contributed by atoms with Crippen LogP contribution in [0.25, 0.3) is 16.5 Å². The molecule has 0 bridgehead atoms. The monoisotopic (exact) mass is 456 g/mol. The normalized spacial score (nSPS) is 17.6. The first-order valence-corrected chi connectivity index (χ1v) is 11.2. The van der Waals surface area contributed by atoms with Gasteiger partial charge in [-0.05, 0) is 41.5 Å². The number of thiazole rings is 1. The molecule has 0 aliphatic carbocycles. The van der Waals surface area contributed by atoms with E-state index in [1.165, 1.54) is 16.2 Å². The smallest absolute Gasteiger partial charge is 0.301 e. The molecule has 0 saturated carbocycles. The van der Waals surface area contributed by atoms with Crippen LogP contribution in [0, 0.1) is 6.92 Å². The minimum absolute atomic E-state index is 0.0481. The molecule has 1 N–H and O–H groups in total. The highest BCUT2D eigenvalue weighted by molar-refractivity contribution is 7.14. The Morgan fingerprint density at radius 2 is 1.76 bits per heavy atom. The fraction of sp³-hybridized carbons (Fsp3) is 0.115. The predicted octanol–water partition coefficient (Wildman–Crippen LogP) is 5.24. The molecule has 6 nitrogen and oxygen atoms in total. The lowest BCUT2D eigenvalue weighted by atomic mass is 9.94. The second-order valence-electron chi connectivity index (χ2n) is 7.78. The first kappa shape index (κ1) is 20.9. The van der Waals surface area contributed by atoms with Crippen molar-refractivity contribution in [3.05, 3.63) is 94.5 Å². The maximum absolute atomic E-state index is 13.2. The van der Waals surface area contributed by atoms with Gasteiger partial charge in [-0.25, -0.2) is 4.98 Å². The topological polar surface area (TPSA) is 79.7 Å². The van der Waals surface area contributed by atoms with Crippen LogP contribution in [-0.4, -0.2) is 28.9 Å². The molecule has 1 aromatic heterocycles. The molecular weight excluding hydrogens is 436 g/mol. The number of ether oxygens (including phenoxy) is 1. The highest BCUT2D eigenvalue weighted by atomic mass is 32.1. The number of aromatic nitrogens is 1. The summed E-state index contributed by atoms with van der Waals surface area (Å²) < 4.78 is 5.27. The molecule has 5 rings (SSSR count). The molecule has 1 amide bonds. The molecule has 0 radical (unpaired) electrons. The fourth-order valence-electron chi connectivity index (χ4n) is 4.09. The van der Waals surface area contributed by atoms with Gasteiger partial charge in [0, 0.05) is 10.9 Å². The van der Waals surface area contributed by atoms with Gasteiger partial charge in [0.1, 0.15) is 11.5 Å². The second kappa shape index (κ2) is 8.18. The molecule has 164 valence electrons. The molecule has 0 spiro atoms. The van der Waals surface area contributed by atoms with Crippen molar-refractivity contribution in [2.75, 3.05) is 12.0 Å². The number of anilines is 1. The van der Waals surface area contributed by atoms with Gasteiger partial charge in [0.15, 0.2) is 5.13 Å². The number of aliphatic hydroxyl groups is 1. The lowest BCUT2D eigenvalue weighted by Gasteiger charge is -2.23. The van der Waals surface area contributed by atoms with E-state index in [2.05, 4.69) is 4.98 Å². The van der Waals surface area contributed by atoms with Crippen LogP contribution in [0.2, 0.25) is 0 Å². The Labute approximate surface area is 194 Å².